The SMILES string of the molecule is C=C(/C=C/c1c[nH]c2ccccc12)CC(=O)/C=C/c1ccc(OCc2ccccn2)cc1OC. The summed E-state index contributed by atoms with van der Waals surface area (Å²) in [6.07, 6.45) is 11.1. The molecular formula is C29H26N2O3. The molecule has 0 aliphatic rings. The van der Waals surface area contributed by atoms with Gasteiger partial charge in [0.1, 0.15) is 18.1 Å². The molecule has 1 N–H and O–H groups in total. The van der Waals surface area contributed by atoms with Gasteiger partial charge >= 0.3 is 0 Å². The third-order valence-corrected chi connectivity index (χ3v) is 5.29. The smallest absolute Gasteiger partial charge is 0.160 e. The molecule has 4 aromatic rings. The molecule has 5 heteroatoms. The highest BCUT2D eigenvalue weighted by molar-refractivity contribution is 5.96. The molecule has 0 saturated carbocycles. The van der Waals surface area contributed by atoms with Gasteiger partial charge in [-0.1, -0.05) is 43.0 Å². The molecule has 4 rings (SSSR count). The highest BCUT2D eigenvalue weighted by Gasteiger charge is 2.06. The number of allylic oxidation sites excluding steroid dienone is 3. The summed E-state index contributed by atoms with van der Waals surface area (Å²) in [5.74, 6) is 1.26. The van der Waals surface area contributed by atoms with Gasteiger partial charge in [0.2, 0.25) is 0 Å². The van der Waals surface area contributed by atoms with E-state index in [9.17, 15) is 4.79 Å². The van der Waals surface area contributed by atoms with Crippen LogP contribution in [0, 0.1) is 0 Å². The van der Waals surface area contributed by atoms with Gasteiger partial charge in [-0.25, -0.2) is 0 Å². The van der Waals surface area contributed by atoms with Crippen LogP contribution in [-0.2, 0) is 11.4 Å². The molecule has 2 aromatic heterocycles. The zero-order valence-corrected chi connectivity index (χ0v) is 19.0. The number of nitrogens with zero attached hydrogens (tertiary/aromatic N) is 1. The number of ether oxygens (including phenoxy) is 2. The molecule has 0 bridgehead atoms. The molecule has 34 heavy (non-hydrogen) atoms. The Kier molecular flexibility index (Phi) is 7.35. The van der Waals surface area contributed by atoms with Crippen molar-refractivity contribution >= 4 is 28.8 Å². The lowest BCUT2D eigenvalue weighted by Gasteiger charge is -2.10. The molecule has 170 valence electrons. The number of H-pyrrole nitrogens is 1. The van der Waals surface area contributed by atoms with E-state index in [0.29, 0.717) is 18.1 Å². The minimum absolute atomic E-state index is 0.0360. The Morgan fingerprint density at radius 2 is 1.85 bits per heavy atom. The van der Waals surface area contributed by atoms with E-state index in [2.05, 4.69) is 22.6 Å². The van der Waals surface area contributed by atoms with Crippen LogP contribution in [0.3, 0.4) is 0 Å². The van der Waals surface area contributed by atoms with Crippen LogP contribution >= 0.6 is 0 Å². The van der Waals surface area contributed by atoms with Crippen molar-refractivity contribution in [1.29, 1.82) is 0 Å². The Bertz CT molecular complexity index is 1350. The number of para-hydroxylation sites is 1. The minimum atomic E-state index is -0.0360. The first-order chi connectivity index (χ1) is 16.6. The van der Waals surface area contributed by atoms with E-state index >= 15 is 0 Å². The highest BCUT2D eigenvalue weighted by atomic mass is 16.5. The van der Waals surface area contributed by atoms with Crippen molar-refractivity contribution in [3.8, 4) is 11.5 Å². The molecule has 2 aromatic carbocycles. The summed E-state index contributed by atoms with van der Waals surface area (Å²) in [5, 5.41) is 1.14. The van der Waals surface area contributed by atoms with Crippen molar-refractivity contribution in [3.05, 3.63) is 114 Å². The standard InChI is InChI=1S/C29H26N2O3/c1-21(10-11-23-19-31-28-9-4-3-8-27(23)28)17-25(32)14-12-22-13-15-26(18-29(22)33-2)34-20-24-7-5-6-16-30-24/h3-16,18-19,31H,1,17,20H2,2H3/b11-10+,14-12+. The number of rotatable bonds is 10. The molecule has 0 aliphatic carbocycles. The molecule has 0 fully saturated rings. The molecule has 0 unspecified atom stereocenters. The first-order valence-corrected chi connectivity index (χ1v) is 11.0. The van der Waals surface area contributed by atoms with Crippen molar-refractivity contribution in [2.24, 2.45) is 0 Å². The van der Waals surface area contributed by atoms with E-state index in [4.69, 9.17) is 9.47 Å². The predicted octanol–water partition coefficient (Wildman–Crippen LogP) is 6.39. The fourth-order valence-electron chi connectivity index (χ4n) is 3.52. The zero-order chi connectivity index (χ0) is 23.8. The molecule has 0 saturated heterocycles. The number of ketones is 1. The zero-order valence-electron chi connectivity index (χ0n) is 19.0. The van der Waals surface area contributed by atoms with E-state index in [1.165, 1.54) is 0 Å². The van der Waals surface area contributed by atoms with E-state index in [1.54, 1.807) is 31.5 Å². The van der Waals surface area contributed by atoms with Gasteiger partial charge in [0.15, 0.2) is 5.78 Å². The molecule has 0 atom stereocenters. The average molecular weight is 451 g/mol. The summed E-state index contributed by atoms with van der Waals surface area (Å²) in [6, 6.07) is 19.3. The second-order valence-electron chi connectivity index (χ2n) is 7.77. The fraction of sp³-hybridized carbons (Fsp3) is 0.103. The van der Waals surface area contributed by atoms with Crippen LogP contribution in [0.15, 0.2) is 97.4 Å². The number of benzene rings is 2. The van der Waals surface area contributed by atoms with Crippen molar-refractivity contribution in [2.75, 3.05) is 7.11 Å². The number of carbonyl (C=O) groups is 1. The Labute approximate surface area is 199 Å². The number of pyridine rings is 1. The number of aromatic nitrogens is 2. The van der Waals surface area contributed by atoms with Gasteiger partial charge in [0, 0.05) is 41.3 Å². The van der Waals surface area contributed by atoms with Crippen molar-refractivity contribution < 1.29 is 14.3 Å². The van der Waals surface area contributed by atoms with Crippen LogP contribution in [0.2, 0.25) is 0 Å². The minimum Gasteiger partial charge on any atom is -0.496 e. The maximum absolute atomic E-state index is 12.5. The van der Waals surface area contributed by atoms with E-state index in [-0.39, 0.29) is 12.2 Å². The predicted molar refractivity (Wildman–Crippen MR) is 137 cm³/mol. The van der Waals surface area contributed by atoms with Crippen molar-refractivity contribution in [2.45, 2.75) is 13.0 Å². The third kappa shape index (κ3) is 5.90. The Morgan fingerprint density at radius 3 is 2.68 bits per heavy atom. The number of hydrogen-bond acceptors (Lipinski definition) is 4. The van der Waals surface area contributed by atoms with Crippen LogP contribution in [0.1, 0.15) is 23.2 Å². The van der Waals surface area contributed by atoms with Crippen LogP contribution in [0.25, 0.3) is 23.1 Å². The lowest BCUT2D eigenvalue weighted by atomic mass is 10.1. The van der Waals surface area contributed by atoms with Gasteiger partial charge in [-0.05, 0) is 53.6 Å². The quantitative estimate of drug-likeness (QED) is 0.224. The number of aromatic amines is 1. The highest BCUT2D eigenvalue weighted by Crippen LogP contribution is 2.26. The van der Waals surface area contributed by atoms with Gasteiger partial charge < -0.3 is 14.5 Å². The number of hydrogen-bond donors (Lipinski definition) is 1. The molecule has 0 spiro atoms. The molecule has 2 heterocycles. The van der Waals surface area contributed by atoms with E-state index < -0.39 is 0 Å². The molecule has 0 amide bonds. The second-order valence-corrected chi connectivity index (χ2v) is 7.77. The van der Waals surface area contributed by atoms with Gasteiger partial charge in [-0.3, -0.25) is 9.78 Å². The fourth-order valence-corrected chi connectivity index (χ4v) is 3.52. The lowest BCUT2D eigenvalue weighted by molar-refractivity contribution is -0.113. The van der Waals surface area contributed by atoms with Gasteiger partial charge in [0.05, 0.1) is 12.8 Å². The molecule has 0 aliphatic heterocycles. The number of carbonyl (C=O) groups excluding carboxylic acids is 1. The first kappa shape index (κ1) is 22.8. The van der Waals surface area contributed by atoms with Crippen LogP contribution in [0.4, 0.5) is 0 Å². The Balaban J connectivity index is 1.34. The average Bonchev–Trinajstić information content (AvgIpc) is 3.29. The molecular weight excluding hydrogens is 424 g/mol. The van der Waals surface area contributed by atoms with Crippen LogP contribution < -0.4 is 9.47 Å². The summed E-state index contributed by atoms with van der Waals surface area (Å²) < 4.78 is 11.3. The summed E-state index contributed by atoms with van der Waals surface area (Å²) in [4.78, 5) is 20.0. The van der Waals surface area contributed by atoms with Crippen LogP contribution in [-0.4, -0.2) is 22.9 Å². The van der Waals surface area contributed by atoms with Gasteiger partial charge in [-0.15, -0.1) is 0 Å². The largest absolute Gasteiger partial charge is 0.496 e. The Morgan fingerprint density at radius 1 is 1.03 bits per heavy atom. The molecule has 0 radical (unpaired) electrons. The van der Waals surface area contributed by atoms with Crippen molar-refractivity contribution in [1.82, 2.24) is 9.97 Å². The van der Waals surface area contributed by atoms with Gasteiger partial charge in [-0.2, -0.15) is 0 Å². The van der Waals surface area contributed by atoms with Crippen molar-refractivity contribution in [3.63, 3.8) is 0 Å². The normalized spacial score (nSPS) is 11.3. The number of methoxy groups -OCH3 is 1. The maximum Gasteiger partial charge on any atom is 0.160 e. The Hall–Kier alpha value is -4.38. The topological polar surface area (TPSA) is 64.2 Å². The monoisotopic (exact) mass is 450 g/mol. The molecule has 5 nitrogen and oxygen atoms in total. The summed E-state index contributed by atoms with van der Waals surface area (Å²) in [6.45, 7) is 4.39. The third-order valence-electron chi connectivity index (χ3n) is 5.29. The second kappa shape index (κ2) is 11.0. The summed E-state index contributed by atoms with van der Waals surface area (Å²) >= 11 is 0. The van der Waals surface area contributed by atoms with E-state index in [0.717, 1.165) is 33.3 Å². The van der Waals surface area contributed by atoms with Crippen LogP contribution in [0.5, 0.6) is 11.5 Å². The first-order valence-electron chi connectivity index (χ1n) is 11.0. The summed E-state index contributed by atoms with van der Waals surface area (Å²) in [7, 11) is 1.59. The number of fused-ring (bicyclic) bond motifs is 1. The van der Waals surface area contributed by atoms with E-state index in [1.807, 2.05) is 66.9 Å². The lowest BCUT2D eigenvalue weighted by Crippen LogP contribution is -1.98. The number of nitrogens with one attached hydrogen (secondary N) is 1. The summed E-state index contributed by atoms with van der Waals surface area (Å²) in [5.41, 5.74) is 4.52. The maximum atomic E-state index is 12.5. The van der Waals surface area contributed by atoms with Gasteiger partial charge in [0.25, 0.3) is 0 Å².